The van der Waals surface area contributed by atoms with Crippen LogP contribution in [0.4, 0.5) is 10.1 Å². The summed E-state index contributed by atoms with van der Waals surface area (Å²) in [6, 6.07) is 5.16. The van der Waals surface area contributed by atoms with Gasteiger partial charge in [0.1, 0.15) is 17.3 Å². The summed E-state index contributed by atoms with van der Waals surface area (Å²) in [6.45, 7) is 6.36. The first-order valence-electron chi connectivity index (χ1n) is 9.57. The number of halogens is 1. The number of nitrogens with zero attached hydrogens (tertiary/aromatic N) is 1. The molecule has 1 aromatic carbocycles. The van der Waals surface area contributed by atoms with Crippen molar-refractivity contribution in [2.24, 2.45) is 0 Å². The topological polar surface area (TPSA) is 112 Å². The molecule has 2 aromatic rings. The first kappa shape index (κ1) is 23.8. The van der Waals surface area contributed by atoms with Crippen LogP contribution in [-0.4, -0.2) is 39.2 Å². The van der Waals surface area contributed by atoms with Gasteiger partial charge in [0.2, 0.25) is 5.91 Å². The van der Waals surface area contributed by atoms with Crippen LogP contribution in [0.15, 0.2) is 30.5 Å². The highest BCUT2D eigenvalue weighted by atomic mass is 19.1. The summed E-state index contributed by atoms with van der Waals surface area (Å²) in [5.41, 5.74) is -1.11. The zero-order valence-corrected chi connectivity index (χ0v) is 17.9. The Morgan fingerprint density at radius 2 is 1.90 bits per heavy atom. The lowest BCUT2D eigenvalue weighted by Gasteiger charge is -2.24. The van der Waals surface area contributed by atoms with Gasteiger partial charge in [0.15, 0.2) is 0 Å². The number of aliphatic hydroxyl groups excluding tert-OH is 1. The number of aromatic hydroxyl groups is 1. The molecule has 2 rings (SSSR count). The zero-order valence-electron chi connectivity index (χ0n) is 17.9. The highest BCUT2D eigenvalue weighted by molar-refractivity contribution is 5.96. The van der Waals surface area contributed by atoms with Gasteiger partial charge in [0.25, 0.3) is 5.91 Å². The number of amides is 2. The first-order chi connectivity index (χ1) is 14.4. The van der Waals surface area contributed by atoms with Gasteiger partial charge in [0.05, 0.1) is 18.6 Å². The van der Waals surface area contributed by atoms with Gasteiger partial charge < -0.3 is 20.8 Å². The molecule has 0 fully saturated rings. The summed E-state index contributed by atoms with van der Waals surface area (Å²) in [5, 5.41) is 24.9. The molecule has 0 aliphatic carbocycles. The maximum absolute atomic E-state index is 14.5. The van der Waals surface area contributed by atoms with E-state index < -0.39 is 28.6 Å². The number of aromatic nitrogens is 1. The van der Waals surface area contributed by atoms with Gasteiger partial charge in [-0.25, -0.2) is 4.39 Å². The van der Waals surface area contributed by atoms with E-state index in [1.54, 1.807) is 27.7 Å². The lowest BCUT2D eigenvalue weighted by atomic mass is 9.84. The third-order valence-corrected chi connectivity index (χ3v) is 4.70. The number of pyridine rings is 1. The molecule has 4 N–H and O–H groups in total. The quantitative estimate of drug-likeness (QED) is 0.508. The van der Waals surface area contributed by atoms with Crippen molar-refractivity contribution >= 4 is 17.5 Å². The standard InChI is InChI=1S/C23H26FN3O4/c1-6-23(4,5)27-21(31)18-11-15(7-8-25-18)26-20(30)10-14-9-19(29)16(12-17(14)24)22(2,3)13-28/h1,7-9,11-12,28-29H,10,13H2,2-5H3,(H,27,31)(H,25,26,30). The molecule has 0 saturated carbocycles. The third-order valence-electron chi connectivity index (χ3n) is 4.70. The van der Waals surface area contributed by atoms with Crippen molar-refractivity contribution in [1.29, 1.82) is 0 Å². The number of anilines is 1. The highest BCUT2D eigenvalue weighted by Gasteiger charge is 2.25. The Kier molecular flexibility index (Phi) is 7.03. The molecular formula is C23H26FN3O4. The Morgan fingerprint density at radius 3 is 2.52 bits per heavy atom. The van der Waals surface area contributed by atoms with Crippen LogP contribution in [-0.2, 0) is 16.6 Å². The van der Waals surface area contributed by atoms with E-state index in [1.807, 2.05) is 0 Å². The average Bonchev–Trinajstić information content (AvgIpc) is 2.70. The third kappa shape index (κ3) is 6.03. The van der Waals surface area contributed by atoms with E-state index >= 15 is 0 Å². The molecule has 7 nitrogen and oxygen atoms in total. The van der Waals surface area contributed by atoms with Crippen molar-refractivity contribution in [1.82, 2.24) is 10.3 Å². The van der Waals surface area contributed by atoms with E-state index in [-0.39, 0.29) is 35.6 Å². The molecule has 0 aliphatic rings. The molecule has 0 bridgehead atoms. The number of hydrogen-bond donors (Lipinski definition) is 4. The van der Waals surface area contributed by atoms with Gasteiger partial charge in [-0.15, -0.1) is 6.42 Å². The second-order valence-electron chi connectivity index (χ2n) is 8.38. The van der Waals surface area contributed by atoms with Crippen LogP contribution in [0.25, 0.3) is 0 Å². The Bertz CT molecular complexity index is 1040. The predicted molar refractivity (Wildman–Crippen MR) is 115 cm³/mol. The molecule has 1 aromatic heterocycles. The number of carbonyl (C=O) groups is 2. The minimum atomic E-state index is -0.867. The number of terminal acetylenes is 1. The minimum Gasteiger partial charge on any atom is -0.508 e. The van der Waals surface area contributed by atoms with Crippen LogP contribution in [0.1, 0.15) is 49.3 Å². The predicted octanol–water partition coefficient (Wildman–Crippen LogP) is 2.52. The van der Waals surface area contributed by atoms with Gasteiger partial charge in [0, 0.05) is 28.4 Å². The largest absolute Gasteiger partial charge is 0.508 e. The number of benzene rings is 1. The highest BCUT2D eigenvalue weighted by Crippen LogP contribution is 2.33. The lowest BCUT2D eigenvalue weighted by molar-refractivity contribution is -0.115. The van der Waals surface area contributed by atoms with Crippen molar-refractivity contribution in [3.63, 3.8) is 0 Å². The van der Waals surface area contributed by atoms with E-state index in [1.165, 1.54) is 24.4 Å². The summed E-state index contributed by atoms with van der Waals surface area (Å²) in [7, 11) is 0. The summed E-state index contributed by atoms with van der Waals surface area (Å²) in [5.74, 6) is 0.517. The molecule has 0 unspecified atom stereocenters. The van der Waals surface area contributed by atoms with Crippen LogP contribution in [0.2, 0.25) is 0 Å². The minimum absolute atomic E-state index is 0.00437. The Hall–Kier alpha value is -3.44. The van der Waals surface area contributed by atoms with Crippen molar-refractivity contribution in [2.75, 3.05) is 11.9 Å². The fourth-order valence-corrected chi connectivity index (χ4v) is 2.76. The molecule has 2 amide bonds. The van der Waals surface area contributed by atoms with E-state index in [2.05, 4.69) is 21.5 Å². The molecule has 0 radical (unpaired) electrons. The Labute approximate surface area is 180 Å². The second kappa shape index (κ2) is 9.14. The summed E-state index contributed by atoms with van der Waals surface area (Å²) >= 11 is 0. The number of hydrogen-bond acceptors (Lipinski definition) is 5. The molecule has 1 heterocycles. The van der Waals surface area contributed by atoms with Gasteiger partial charge in [-0.1, -0.05) is 19.8 Å². The average molecular weight is 427 g/mol. The van der Waals surface area contributed by atoms with Crippen molar-refractivity contribution < 1.29 is 24.2 Å². The van der Waals surface area contributed by atoms with Crippen LogP contribution >= 0.6 is 0 Å². The van der Waals surface area contributed by atoms with Crippen LogP contribution in [0, 0.1) is 18.2 Å². The molecule has 0 spiro atoms. The van der Waals surface area contributed by atoms with Crippen molar-refractivity contribution in [3.8, 4) is 18.1 Å². The lowest BCUT2D eigenvalue weighted by Crippen LogP contribution is -2.42. The molecular weight excluding hydrogens is 401 g/mol. The Balaban J connectivity index is 2.14. The monoisotopic (exact) mass is 427 g/mol. The van der Waals surface area contributed by atoms with Crippen molar-refractivity contribution in [3.05, 3.63) is 53.1 Å². The zero-order chi connectivity index (χ0) is 23.4. The van der Waals surface area contributed by atoms with E-state index in [4.69, 9.17) is 6.42 Å². The Morgan fingerprint density at radius 1 is 1.23 bits per heavy atom. The fourth-order valence-electron chi connectivity index (χ4n) is 2.76. The van der Waals surface area contributed by atoms with E-state index in [0.717, 1.165) is 6.07 Å². The molecule has 8 heteroatoms. The molecule has 0 atom stereocenters. The normalized spacial score (nSPS) is 11.5. The second-order valence-corrected chi connectivity index (χ2v) is 8.38. The van der Waals surface area contributed by atoms with Gasteiger partial charge in [-0.2, -0.15) is 0 Å². The maximum atomic E-state index is 14.5. The molecule has 0 aliphatic heterocycles. The smallest absolute Gasteiger partial charge is 0.271 e. The molecule has 164 valence electrons. The number of carbonyl (C=O) groups excluding carboxylic acids is 2. The maximum Gasteiger partial charge on any atom is 0.271 e. The van der Waals surface area contributed by atoms with E-state index in [9.17, 15) is 24.2 Å². The molecule has 31 heavy (non-hydrogen) atoms. The number of aliphatic hydroxyl groups is 1. The van der Waals surface area contributed by atoms with Crippen molar-refractivity contribution in [2.45, 2.75) is 45.1 Å². The summed E-state index contributed by atoms with van der Waals surface area (Å²) in [6.07, 6.45) is 6.38. The van der Waals surface area contributed by atoms with Crippen LogP contribution in [0.5, 0.6) is 5.75 Å². The number of phenolic OH excluding ortho intramolecular Hbond substituents is 1. The van der Waals surface area contributed by atoms with Gasteiger partial charge in [-0.05, 0) is 38.1 Å². The summed E-state index contributed by atoms with van der Waals surface area (Å²) < 4.78 is 14.5. The van der Waals surface area contributed by atoms with Crippen LogP contribution < -0.4 is 10.6 Å². The van der Waals surface area contributed by atoms with Gasteiger partial charge in [-0.3, -0.25) is 14.6 Å². The first-order valence-corrected chi connectivity index (χ1v) is 9.57. The van der Waals surface area contributed by atoms with Crippen LogP contribution in [0.3, 0.4) is 0 Å². The summed E-state index contributed by atoms with van der Waals surface area (Å²) in [4.78, 5) is 28.7. The van der Waals surface area contributed by atoms with Gasteiger partial charge >= 0.3 is 0 Å². The molecule has 0 saturated heterocycles. The number of phenols is 1. The van der Waals surface area contributed by atoms with E-state index in [0.29, 0.717) is 5.69 Å². The SMILES string of the molecule is C#CC(C)(C)NC(=O)c1cc(NC(=O)Cc2cc(O)c(C(C)(C)CO)cc2F)ccn1. The number of nitrogens with one attached hydrogen (secondary N) is 2. The number of rotatable bonds is 7. The fraction of sp³-hybridized carbons (Fsp3) is 0.348.